The molecular weight excluding hydrogens is 476 g/mol. The van der Waals surface area contributed by atoms with Crippen LogP contribution in [0.15, 0.2) is 48.5 Å². The van der Waals surface area contributed by atoms with E-state index in [0.29, 0.717) is 12.8 Å². The standard InChI is InChI=1S/C32H34N2O4/c1-21(35)38-32-16-15-25(33(2)28(36)14-13-22-7-4-3-5-8-22)30-31(32)17-18-34(20-23-11-12-23)27(32)19-24-9-6-10-26(37-30)29(24)31/h3-10,23,25,27,30H,11-12,15-20H2,1-2H3/t25-,27-,30+,31+,32-/m1/s1. The maximum atomic E-state index is 13.4. The highest BCUT2D eigenvalue weighted by atomic mass is 16.6. The fourth-order valence-electron chi connectivity index (χ4n) is 8.14. The molecule has 2 saturated carbocycles. The molecule has 3 aliphatic carbocycles. The highest BCUT2D eigenvalue weighted by Crippen LogP contribution is 2.65. The quantitative estimate of drug-likeness (QED) is 0.464. The number of likely N-dealkylation sites (N-methyl/N-ethyl adjacent to an activating group) is 1. The zero-order valence-electron chi connectivity index (χ0n) is 22.1. The summed E-state index contributed by atoms with van der Waals surface area (Å²) in [5.41, 5.74) is 2.20. The van der Waals surface area contributed by atoms with Crippen molar-refractivity contribution in [2.75, 3.05) is 20.1 Å². The smallest absolute Gasteiger partial charge is 0.303 e. The normalized spacial score (nSPS) is 32.3. The fraction of sp³-hybridized carbons (Fsp3) is 0.500. The molecule has 2 bridgehead atoms. The van der Waals surface area contributed by atoms with Gasteiger partial charge in [-0.25, -0.2) is 0 Å². The van der Waals surface area contributed by atoms with Gasteiger partial charge in [-0.2, -0.15) is 0 Å². The third-order valence-electron chi connectivity index (χ3n) is 9.82. The van der Waals surface area contributed by atoms with Crippen LogP contribution in [0.25, 0.3) is 0 Å². The minimum absolute atomic E-state index is 0.118. The number of nitrogens with zero attached hydrogens (tertiary/aromatic N) is 2. The van der Waals surface area contributed by atoms with E-state index in [1.165, 1.54) is 24.0 Å². The third kappa shape index (κ3) is 3.37. The van der Waals surface area contributed by atoms with Crippen LogP contribution in [-0.4, -0.2) is 65.6 Å². The van der Waals surface area contributed by atoms with Crippen LogP contribution in [-0.2, 0) is 26.2 Å². The van der Waals surface area contributed by atoms with E-state index in [1.807, 2.05) is 37.4 Å². The van der Waals surface area contributed by atoms with Crippen molar-refractivity contribution in [2.45, 2.75) is 74.7 Å². The van der Waals surface area contributed by atoms with Gasteiger partial charge in [0.1, 0.15) is 17.5 Å². The summed E-state index contributed by atoms with van der Waals surface area (Å²) in [5.74, 6) is 7.07. The van der Waals surface area contributed by atoms with Gasteiger partial charge in [-0.15, -0.1) is 0 Å². The molecule has 5 atom stereocenters. The summed E-state index contributed by atoms with van der Waals surface area (Å²) in [5, 5.41) is 0. The Morgan fingerprint density at radius 2 is 1.92 bits per heavy atom. The highest BCUT2D eigenvalue weighted by molar-refractivity contribution is 5.94. The molecule has 0 N–H and O–H groups in total. The predicted octanol–water partition coefficient (Wildman–Crippen LogP) is 3.70. The number of piperidine rings is 1. The van der Waals surface area contributed by atoms with Crippen molar-refractivity contribution in [2.24, 2.45) is 5.92 Å². The number of carbonyl (C=O) groups is 2. The highest BCUT2D eigenvalue weighted by Gasteiger charge is 2.75. The van der Waals surface area contributed by atoms with Gasteiger partial charge >= 0.3 is 5.97 Å². The topological polar surface area (TPSA) is 59.1 Å². The molecule has 6 heteroatoms. The minimum atomic E-state index is -0.660. The van der Waals surface area contributed by atoms with E-state index in [4.69, 9.17) is 9.47 Å². The van der Waals surface area contributed by atoms with Crippen molar-refractivity contribution in [3.63, 3.8) is 0 Å². The fourth-order valence-corrected chi connectivity index (χ4v) is 8.14. The number of esters is 1. The summed E-state index contributed by atoms with van der Waals surface area (Å²) in [7, 11) is 1.85. The zero-order valence-corrected chi connectivity index (χ0v) is 22.1. The van der Waals surface area contributed by atoms with Gasteiger partial charge < -0.3 is 14.4 Å². The number of amides is 1. The van der Waals surface area contributed by atoms with Crippen LogP contribution in [0.5, 0.6) is 5.75 Å². The number of ether oxygens (including phenoxy) is 2. The third-order valence-corrected chi connectivity index (χ3v) is 9.82. The van der Waals surface area contributed by atoms with Gasteiger partial charge in [-0.05, 0) is 74.8 Å². The van der Waals surface area contributed by atoms with E-state index in [9.17, 15) is 9.59 Å². The summed E-state index contributed by atoms with van der Waals surface area (Å²) >= 11 is 0. The summed E-state index contributed by atoms with van der Waals surface area (Å²) in [6, 6.07) is 15.9. The molecule has 0 unspecified atom stereocenters. The lowest BCUT2D eigenvalue weighted by atomic mass is 9.48. The number of hydrogen-bond acceptors (Lipinski definition) is 5. The number of hydrogen-bond donors (Lipinski definition) is 0. The molecule has 0 aromatic heterocycles. The number of carbonyl (C=O) groups excluding carboxylic acids is 2. The van der Waals surface area contributed by atoms with Crippen molar-refractivity contribution >= 4 is 11.9 Å². The van der Waals surface area contributed by atoms with Gasteiger partial charge in [0, 0.05) is 37.6 Å². The second-order valence-corrected chi connectivity index (χ2v) is 11.8. The molecule has 2 aromatic rings. The van der Waals surface area contributed by atoms with E-state index >= 15 is 0 Å². The van der Waals surface area contributed by atoms with Crippen LogP contribution in [0.3, 0.4) is 0 Å². The summed E-state index contributed by atoms with van der Waals surface area (Å²) in [6.45, 7) is 3.57. The van der Waals surface area contributed by atoms with Crippen LogP contribution < -0.4 is 4.74 Å². The Balaban J connectivity index is 1.30. The second-order valence-electron chi connectivity index (χ2n) is 11.8. The van der Waals surface area contributed by atoms with Gasteiger partial charge in [0.15, 0.2) is 0 Å². The van der Waals surface area contributed by atoms with Crippen LogP contribution in [0.2, 0.25) is 0 Å². The van der Waals surface area contributed by atoms with Crippen molar-refractivity contribution in [1.29, 1.82) is 0 Å². The van der Waals surface area contributed by atoms with Crippen LogP contribution in [0, 0.1) is 17.8 Å². The summed E-state index contributed by atoms with van der Waals surface area (Å²) in [4.78, 5) is 30.5. The van der Waals surface area contributed by atoms with Gasteiger partial charge in [0.05, 0.1) is 17.5 Å². The van der Waals surface area contributed by atoms with Crippen molar-refractivity contribution in [1.82, 2.24) is 9.80 Å². The monoisotopic (exact) mass is 510 g/mol. The van der Waals surface area contributed by atoms with Crippen molar-refractivity contribution in [3.8, 4) is 17.6 Å². The van der Waals surface area contributed by atoms with E-state index in [1.54, 1.807) is 11.8 Å². The first kappa shape index (κ1) is 23.8. The first-order chi connectivity index (χ1) is 18.4. The molecule has 196 valence electrons. The molecule has 7 rings (SSSR count). The molecule has 2 aliphatic heterocycles. The largest absolute Gasteiger partial charge is 0.487 e. The predicted molar refractivity (Wildman–Crippen MR) is 143 cm³/mol. The lowest BCUT2D eigenvalue weighted by Gasteiger charge is -2.65. The molecule has 3 fully saturated rings. The summed E-state index contributed by atoms with van der Waals surface area (Å²) < 4.78 is 13.3. The number of benzene rings is 2. The Labute approximate surface area is 224 Å². The molecule has 1 saturated heterocycles. The molecule has 1 spiro atoms. The van der Waals surface area contributed by atoms with E-state index in [2.05, 4.69) is 34.9 Å². The maximum Gasteiger partial charge on any atom is 0.303 e. The molecule has 1 amide bonds. The van der Waals surface area contributed by atoms with Crippen molar-refractivity contribution in [3.05, 3.63) is 65.2 Å². The molecule has 2 aromatic carbocycles. The summed E-state index contributed by atoms with van der Waals surface area (Å²) in [6.07, 6.45) is 5.42. The first-order valence-corrected chi connectivity index (χ1v) is 14.0. The average Bonchev–Trinajstić information content (AvgIpc) is 3.66. The Morgan fingerprint density at radius 3 is 2.68 bits per heavy atom. The number of likely N-dealkylation sites (tertiary alicyclic amines) is 1. The van der Waals surface area contributed by atoms with Crippen LogP contribution in [0.4, 0.5) is 0 Å². The lowest BCUT2D eigenvalue weighted by molar-refractivity contribution is -0.223. The molecule has 0 radical (unpaired) electrons. The molecule has 5 aliphatic rings. The Morgan fingerprint density at radius 1 is 1.11 bits per heavy atom. The Kier molecular flexibility index (Phi) is 5.39. The van der Waals surface area contributed by atoms with E-state index in [0.717, 1.165) is 43.2 Å². The molecule has 2 heterocycles. The first-order valence-electron chi connectivity index (χ1n) is 14.0. The molecule has 6 nitrogen and oxygen atoms in total. The van der Waals surface area contributed by atoms with Gasteiger partial charge in [-0.1, -0.05) is 36.3 Å². The lowest BCUT2D eigenvalue weighted by Crippen LogP contribution is -2.79. The van der Waals surface area contributed by atoms with Crippen LogP contribution in [0.1, 0.15) is 55.7 Å². The van der Waals surface area contributed by atoms with Gasteiger partial charge in [-0.3, -0.25) is 14.5 Å². The number of rotatable bonds is 4. The molecule has 38 heavy (non-hydrogen) atoms. The van der Waals surface area contributed by atoms with Crippen LogP contribution >= 0.6 is 0 Å². The molecular formula is C32H34N2O4. The zero-order chi connectivity index (χ0) is 26.1. The van der Waals surface area contributed by atoms with Gasteiger partial charge in [0.25, 0.3) is 5.91 Å². The van der Waals surface area contributed by atoms with E-state index < -0.39 is 11.0 Å². The SMILES string of the molecule is CC(=O)O[C@@]12CC[C@@H](N(C)C(=O)C#Cc3ccccc3)[C@@H]3Oc4cccc5c4[C@@]31CCN(CC1CC1)[C@@H]2C5. The second kappa shape index (κ2) is 8.61. The van der Waals surface area contributed by atoms with Crippen molar-refractivity contribution < 1.29 is 19.1 Å². The minimum Gasteiger partial charge on any atom is -0.487 e. The van der Waals surface area contributed by atoms with E-state index in [-0.39, 0.29) is 30.1 Å². The Hall–Kier alpha value is -3.30. The van der Waals surface area contributed by atoms with Gasteiger partial charge in [0.2, 0.25) is 0 Å². The Bertz CT molecular complexity index is 1360. The average molecular weight is 511 g/mol. The maximum absolute atomic E-state index is 13.4.